The van der Waals surface area contributed by atoms with Crippen LogP contribution >= 0.6 is 0 Å². The Balaban J connectivity index is 1.27. The fourth-order valence-corrected chi connectivity index (χ4v) is 5.68. The number of nitrogens with zero attached hydrogens (tertiary/aromatic N) is 4. The van der Waals surface area contributed by atoms with Crippen molar-refractivity contribution in [2.45, 2.75) is 76.0 Å². The molecular formula is C29H34FN7. The van der Waals surface area contributed by atoms with E-state index in [1.54, 1.807) is 6.07 Å². The van der Waals surface area contributed by atoms with Gasteiger partial charge in [-0.05, 0) is 55.7 Å². The summed E-state index contributed by atoms with van der Waals surface area (Å²) in [4.78, 5) is 14.4. The minimum absolute atomic E-state index is 0.243. The molecule has 0 radical (unpaired) electrons. The van der Waals surface area contributed by atoms with E-state index in [1.807, 2.05) is 48.8 Å². The maximum Gasteiger partial charge on any atom is 0.227 e. The topological polar surface area (TPSA) is 93.7 Å². The summed E-state index contributed by atoms with van der Waals surface area (Å²) in [6.07, 6.45) is 10.6. The number of imidazole rings is 1. The van der Waals surface area contributed by atoms with Crippen LogP contribution in [0.15, 0.2) is 54.9 Å². The molecule has 7 nitrogen and oxygen atoms in total. The third kappa shape index (κ3) is 5.16. The molecule has 0 aliphatic heterocycles. The first-order valence-corrected chi connectivity index (χ1v) is 13.5. The molecule has 0 unspecified atom stereocenters. The van der Waals surface area contributed by atoms with E-state index in [-0.39, 0.29) is 11.9 Å². The second-order valence-electron chi connectivity index (χ2n) is 10.4. The van der Waals surface area contributed by atoms with Crippen LogP contribution in [0.4, 0.5) is 16.2 Å². The van der Waals surface area contributed by atoms with E-state index in [0.29, 0.717) is 36.0 Å². The van der Waals surface area contributed by atoms with Crippen molar-refractivity contribution in [1.29, 1.82) is 0 Å². The third-order valence-electron chi connectivity index (χ3n) is 7.85. The lowest BCUT2D eigenvalue weighted by atomic mass is 9.92. The van der Waals surface area contributed by atoms with Gasteiger partial charge < -0.3 is 20.9 Å². The number of fused-ring (bicyclic) bond motifs is 1. The van der Waals surface area contributed by atoms with Gasteiger partial charge in [-0.15, -0.1) is 0 Å². The lowest BCUT2D eigenvalue weighted by Gasteiger charge is -2.27. The van der Waals surface area contributed by atoms with Gasteiger partial charge in [0.1, 0.15) is 5.82 Å². The zero-order valence-electron chi connectivity index (χ0n) is 21.0. The number of nitrogens with two attached hydrogens (primary N) is 1. The van der Waals surface area contributed by atoms with Crippen molar-refractivity contribution in [2.75, 3.05) is 10.6 Å². The molecule has 2 aromatic carbocycles. The highest BCUT2D eigenvalue weighted by Gasteiger charge is 2.24. The van der Waals surface area contributed by atoms with Crippen LogP contribution in [0.2, 0.25) is 0 Å². The van der Waals surface area contributed by atoms with Gasteiger partial charge in [-0.25, -0.2) is 9.37 Å². The lowest BCUT2D eigenvalue weighted by Crippen LogP contribution is -2.33. The molecule has 4 aromatic rings. The number of nitrogens with one attached hydrogen (secondary N) is 2. The molecule has 37 heavy (non-hydrogen) atoms. The Hall–Kier alpha value is -3.52. The molecule has 2 aliphatic rings. The predicted octanol–water partition coefficient (Wildman–Crippen LogP) is 6.04. The number of hydrogen-bond donors (Lipinski definition) is 3. The van der Waals surface area contributed by atoms with E-state index in [0.717, 1.165) is 60.8 Å². The third-order valence-corrected chi connectivity index (χ3v) is 7.85. The molecule has 2 heterocycles. The van der Waals surface area contributed by atoms with Crippen LogP contribution < -0.4 is 16.4 Å². The molecule has 6 rings (SSSR count). The average molecular weight is 500 g/mol. The minimum atomic E-state index is -0.243. The van der Waals surface area contributed by atoms with Gasteiger partial charge in [0.05, 0.1) is 6.33 Å². The summed E-state index contributed by atoms with van der Waals surface area (Å²) >= 11 is 0. The summed E-state index contributed by atoms with van der Waals surface area (Å²) in [5.74, 6) is 0.978. The molecule has 4 N–H and O–H groups in total. The van der Waals surface area contributed by atoms with E-state index >= 15 is 4.39 Å². The van der Waals surface area contributed by atoms with Gasteiger partial charge >= 0.3 is 0 Å². The minimum Gasteiger partial charge on any atom is -0.364 e. The van der Waals surface area contributed by atoms with Gasteiger partial charge in [-0.3, -0.25) is 0 Å². The van der Waals surface area contributed by atoms with Crippen molar-refractivity contribution in [3.63, 3.8) is 0 Å². The van der Waals surface area contributed by atoms with Crippen LogP contribution in [-0.4, -0.2) is 31.6 Å². The quantitative estimate of drug-likeness (QED) is 0.287. The van der Waals surface area contributed by atoms with Crippen LogP contribution in [0.25, 0.3) is 22.3 Å². The first kappa shape index (κ1) is 23.9. The maximum atomic E-state index is 15.1. The molecule has 8 heteroatoms. The monoisotopic (exact) mass is 499 g/mol. The van der Waals surface area contributed by atoms with Gasteiger partial charge in [0.2, 0.25) is 5.95 Å². The zero-order valence-corrected chi connectivity index (χ0v) is 21.0. The Morgan fingerprint density at radius 1 is 0.919 bits per heavy atom. The van der Waals surface area contributed by atoms with Crippen molar-refractivity contribution in [3.8, 4) is 11.1 Å². The van der Waals surface area contributed by atoms with Gasteiger partial charge in [0, 0.05) is 30.2 Å². The summed E-state index contributed by atoms with van der Waals surface area (Å²) in [7, 11) is 0. The molecule has 0 atom stereocenters. The second-order valence-corrected chi connectivity index (χ2v) is 10.4. The van der Waals surface area contributed by atoms with Crippen LogP contribution in [0.1, 0.15) is 63.0 Å². The van der Waals surface area contributed by atoms with Gasteiger partial charge in [0.25, 0.3) is 0 Å². The fraction of sp³-hybridized carbons (Fsp3) is 0.414. The van der Waals surface area contributed by atoms with Crippen LogP contribution in [-0.2, 0) is 6.54 Å². The average Bonchev–Trinajstić information content (AvgIpc) is 3.60. The van der Waals surface area contributed by atoms with E-state index < -0.39 is 0 Å². The summed E-state index contributed by atoms with van der Waals surface area (Å²) in [6.45, 7) is 0.307. The van der Waals surface area contributed by atoms with Crippen LogP contribution in [0.3, 0.4) is 0 Å². The molecule has 2 fully saturated rings. The molecule has 0 amide bonds. The number of anilines is 2. The Bertz CT molecular complexity index is 1360. The van der Waals surface area contributed by atoms with Crippen LogP contribution in [0.5, 0.6) is 0 Å². The highest BCUT2D eigenvalue weighted by atomic mass is 19.1. The molecule has 0 saturated heterocycles. The van der Waals surface area contributed by atoms with Crippen molar-refractivity contribution < 1.29 is 4.39 Å². The molecule has 0 bridgehead atoms. The normalized spacial score (nSPS) is 20.4. The summed E-state index contributed by atoms with van der Waals surface area (Å²) < 4.78 is 17.3. The number of aromatic nitrogens is 4. The number of benzene rings is 2. The van der Waals surface area contributed by atoms with E-state index in [4.69, 9.17) is 15.7 Å². The van der Waals surface area contributed by atoms with E-state index in [1.165, 1.54) is 12.8 Å². The summed E-state index contributed by atoms with van der Waals surface area (Å²) in [6, 6.07) is 16.2. The van der Waals surface area contributed by atoms with E-state index in [9.17, 15) is 0 Å². The smallest absolute Gasteiger partial charge is 0.227 e. The predicted molar refractivity (Wildman–Crippen MR) is 146 cm³/mol. The molecule has 2 aliphatic carbocycles. The Morgan fingerprint density at radius 2 is 1.70 bits per heavy atom. The van der Waals surface area contributed by atoms with E-state index in [2.05, 4.69) is 20.2 Å². The van der Waals surface area contributed by atoms with Crippen LogP contribution in [0, 0.1) is 5.82 Å². The highest BCUT2D eigenvalue weighted by Crippen LogP contribution is 2.33. The zero-order chi connectivity index (χ0) is 25.2. The Morgan fingerprint density at radius 3 is 2.46 bits per heavy atom. The Labute approximate surface area is 216 Å². The number of halogens is 1. The summed E-state index contributed by atoms with van der Waals surface area (Å²) in [5, 5.41) is 6.91. The largest absolute Gasteiger partial charge is 0.364 e. The molecule has 2 saturated carbocycles. The SMILES string of the molecule is NC1CCC(Nc2nc(NCc3ccc(-c4ccccc4)cc3F)c3ncn(C4CCCC4)c3n2)CC1. The fourth-order valence-electron chi connectivity index (χ4n) is 5.68. The molecule has 0 spiro atoms. The van der Waals surface area contributed by atoms with Crippen molar-refractivity contribution in [2.24, 2.45) is 5.73 Å². The summed E-state index contributed by atoms with van der Waals surface area (Å²) in [5.41, 5.74) is 10.1. The van der Waals surface area contributed by atoms with Crippen molar-refractivity contribution in [3.05, 3.63) is 66.2 Å². The number of rotatable bonds is 7. The lowest BCUT2D eigenvalue weighted by molar-refractivity contribution is 0.410. The molecule has 2 aromatic heterocycles. The van der Waals surface area contributed by atoms with Gasteiger partial charge in [-0.1, -0.05) is 55.3 Å². The van der Waals surface area contributed by atoms with Crippen molar-refractivity contribution in [1.82, 2.24) is 19.5 Å². The van der Waals surface area contributed by atoms with Gasteiger partial charge in [0.15, 0.2) is 17.0 Å². The first-order valence-electron chi connectivity index (χ1n) is 13.5. The first-order chi connectivity index (χ1) is 18.1. The molecular weight excluding hydrogens is 465 g/mol. The standard InChI is InChI=1S/C29H34FN7/c30-25-16-20(19-6-2-1-3-7-19)10-11-21(25)17-32-27-26-28(37(18-33-26)24-8-4-5-9-24)36-29(35-27)34-23-14-12-22(31)13-15-23/h1-3,6-7,10-11,16,18,22-24H,4-5,8-9,12-15,17,31H2,(H2,32,34,35,36). The second kappa shape index (κ2) is 10.5. The van der Waals surface area contributed by atoms with Crippen molar-refractivity contribution >= 4 is 22.9 Å². The number of hydrogen-bond acceptors (Lipinski definition) is 6. The maximum absolute atomic E-state index is 15.1. The molecule has 192 valence electrons. The highest BCUT2D eigenvalue weighted by molar-refractivity contribution is 5.84. The van der Waals surface area contributed by atoms with Gasteiger partial charge in [-0.2, -0.15) is 9.97 Å². The Kier molecular flexibility index (Phi) is 6.74.